The van der Waals surface area contributed by atoms with Crippen molar-refractivity contribution in [3.63, 3.8) is 0 Å². The molecule has 1 aliphatic heterocycles. The van der Waals surface area contributed by atoms with Gasteiger partial charge in [-0.15, -0.1) is 10.2 Å². The molecule has 3 heterocycles. The fraction of sp³-hybridized carbons (Fsp3) is 0.316. The summed E-state index contributed by atoms with van der Waals surface area (Å²) in [7, 11) is -3.73. The Balaban J connectivity index is 1.42. The molecule has 0 bridgehead atoms. The number of sulfonamides is 1. The van der Waals surface area contributed by atoms with E-state index in [1.54, 1.807) is 16.5 Å². The molecule has 4 rings (SSSR count). The molecule has 152 valence electrons. The molecule has 1 atom stereocenters. The highest BCUT2D eigenvalue weighted by Gasteiger charge is 2.21. The Morgan fingerprint density at radius 1 is 1.21 bits per heavy atom. The van der Waals surface area contributed by atoms with E-state index in [4.69, 9.17) is 4.74 Å². The van der Waals surface area contributed by atoms with Crippen LogP contribution in [-0.4, -0.2) is 48.2 Å². The Labute approximate surface area is 168 Å². The van der Waals surface area contributed by atoms with Crippen molar-refractivity contribution < 1.29 is 17.9 Å². The second-order valence-electron chi connectivity index (χ2n) is 6.74. The Bertz CT molecular complexity index is 1120. The first-order chi connectivity index (χ1) is 14.0. The molecular formula is C19H21N5O4S. The van der Waals surface area contributed by atoms with E-state index < -0.39 is 15.9 Å². The molecule has 0 spiro atoms. The molecule has 1 amide bonds. The molecule has 1 fully saturated rings. The van der Waals surface area contributed by atoms with Crippen molar-refractivity contribution in [2.75, 3.05) is 13.2 Å². The molecule has 29 heavy (non-hydrogen) atoms. The number of aromatic nitrogens is 3. The highest BCUT2D eigenvalue weighted by molar-refractivity contribution is 7.89. The van der Waals surface area contributed by atoms with Crippen molar-refractivity contribution in [3.8, 4) is 0 Å². The van der Waals surface area contributed by atoms with Gasteiger partial charge in [0.05, 0.1) is 17.5 Å². The second-order valence-corrected chi connectivity index (χ2v) is 8.51. The zero-order valence-electron chi connectivity index (χ0n) is 15.6. The topological polar surface area (TPSA) is 115 Å². The maximum atomic E-state index is 12.5. The quantitative estimate of drug-likeness (QED) is 0.598. The number of ether oxygens (including phenoxy) is 1. The first-order valence-electron chi connectivity index (χ1n) is 9.31. The van der Waals surface area contributed by atoms with E-state index in [0.29, 0.717) is 18.1 Å². The minimum Gasteiger partial charge on any atom is -0.377 e. The van der Waals surface area contributed by atoms with E-state index in [9.17, 15) is 13.2 Å². The third kappa shape index (κ3) is 4.44. The maximum Gasteiger partial charge on any atom is 0.251 e. The van der Waals surface area contributed by atoms with Crippen LogP contribution in [0.4, 0.5) is 0 Å². The van der Waals surface area contributed by atoms with E-state index in [1.165, 1.54) is 12.1 Å². The van der Waals surface area contributed by atoms with E-state index in [2.05, 4.69) is 20.2 Å². The summed E-state index contributed by atoms with van der Waals surface area (Å²) in [5.74, 6) is 0.185. The van der Waals surface area contributed by atoms with Crippen LogP contribution in [0.25, 0.3) is 5.65 Å². The minimum absolute atomic E-state index is 0.0380. The van der Waals surface area contributed by atoms with Crippen LogP contribution in [0.2, 0.25) is 0 Å². The van der Waals surface area contributed by atoms with E-state index in [0.717, 1.165) is 12.8 Å². The summed E-state index contributed by atoms with van der Waals surface area (Å²) >= 11 is 0. The number of nitrogens with one attached hydrogen (secondary N) is 2. The molecule has 2 N–H and O–H groups in total. The number of benzene rings is 1. The molecular weight excluding hydrogens is 394 g/mol. The lowest BCUT2D eigenvalue weighted by Crippen LogP contribution is -2.32. The second kappa shape index (κ2) is 8.27. The lowest BCUT2D eigenvalue weighted by atomic mass is 10.2. The summed E-state index contributed by atoms with van der Waals surface area (Å²) in [6.07, 6.45) is 3.48. The number of nitrogens with zero attached hydrogens (tertiary/aromatic N) is 3. The molecule has 1 unspecified atom stereocenters. The van der Waals surface area contributed by atoms with Gasteiger partial charge in [0.2, 0.25) is 10.0 Å². The Kier molecular flexibility index (Phi) is 5.56. The molecule has 0 saturated carbocycles. The number of pyridine rings is 1. The van der Waals surface area contributed by atoms with Crippen molar-refractivity contribution >= 4 is 21.6 Å². The fourth-order valence-corrected chi connectivity index (χ4v) is 4.28. The van der Waals surface area contributed by atoms with E-state index in [-0.39, 0.29) is 29.7 Å². The Morgan fingerprint density at radius 2 is 2.10 bits per heavy atom. The average Bonchev–Trinajstić information content (AvgIpc) is 3.40. The summed E-state index contributed by atoms with van der Waals surface area (Å²) in [5, 5.41) is 10.8. The molecule has 1 saturated heterocycles. The van der Waals surface area contributed by atoms with Crippen LogP contribution in [0.3, 0.4) is 0 Å². The SMILES string of the molecule is O=C(NCc1nnc2ccccn12)c1cccc(S(=O)(=O)NCC2CCCO2)c1. The van der Waals surface area contributed by atoms with Gasteiger partial charge in [-0.25, -0.2) is 13.1 Å². The maximum absolute atomic E-state index is 12.5. The van der Waals surface area contributed by atoms with Crippen LogP contribution in [0, 0.1) is 0 Å². The Hall–Kier alpha value is -2.82. The standard InChI is InChI=1S/C19H21N5O4S/c25-19(20-13-18-23-22-17-8-1-2-9-24(17)18)14-5-3-7-16(11-14)29(26,27)21-12-15-6-4-10-28-15/h1-3,5,7-9,11,15,21H,4,6,10,12-13H2,(H,20,25). The monoisotopic (exact) mass is 415 g/mol. The van der Waals surface area contributed by atoms with Crippen LogP contribution in [0.1, 0.15) is 29.0 Å². The number of amides is 1. The molecule has 3 aromatic rings. The smallest absolute Gasteiger partial charge is 0.251 e. The summed E-state index contributed by atoms with van der Waals surface area (Å²) in [5.41, 5.74) is 0.931. The number of hydrogen-bond acceptors (Lipinski definition) is 6. The van der Waals surface area contributed by atoms with Crippen molar-refractivity contribution in [3.05, 3.63) is 60.0 Å². The van der Waals surface area contributed by atoms with Gasteiger partial charge in [-0.1, -0.05) is 12.1 Å². The van der Waals surface area contributed by atoms with E-state index in [1.807, 2.05) is 24.4 Å². The first-order valence-corrected chi connectivity index (χ1v) is 10.8. The number of carbonyl (C=O) groups excluding carboxylic acids is 1. The molecule has 0 aliphatic carbocycles. The van der Waals surface area contributed by atoms with Gasteiger partial charge in [0, 0.05) is 24.9 Å². The first kappa shape index (κ1) is 19.5. The van der Waals surface area contributed by atoms with Gasteiger partial charge in [0.25, 0.3) is 5.91 Å². The molecule has 0 radical (unpaired) electrons. The van der Waals surface area contributed by atoms with Crippen LogP contribution in [-0.2, 0) is 21.3 Å². The normalized spacial score (nSPS) is 16.9. The van der Waals surface area contributed by atoms with Crippen molar-refractivity contribution in [1.29, 1.82) is 0 Å². The number of hydrogen-bond donors (Lipinski definition) is 2. The summed E-state index contributed by atoms with van der Waals surface area (Å²) < 4.78 is 34.8. The van der Waals surface area contributed by atoms with Crippen molar-refractivity contribution in [1.82, 2.24) is 24.6 Å². The number of carbonyl (C=O) groups is 1. The molecule has 1 aromatic carbocycles. The molecule has 1 aliphatic rings. The number of fused-ring (bicyclic) bond motifs is 1. The van der Waals surface area contributed by atoms with Gasteiger partial charge in [-0.05, 0) is 43.2 Å². The van der Waals surface area contributed by atoms with Crippen LogP contribution >= 0.6 is 0 Å². The van der Waals surface area contributed by atoms with Gasteiger partial charge >= 0.3 is 0 Å². The third-order valence-corrected chi connectivity index (χ3v) is 6.14. The Morgan fingerprint density at radius 3 is 2.93 bits per heavy atom. The summed E-state index contributed by atoms with van der Waals surface area (Å²) in [6, 6.07) is 11.4. The minimum atomic E-state index is -3.73. The van der Waals surface area contributed by atoms with Crippen molar-refractivity contribution in [2.24, 2.45) is 0 Å². The predicted octanol–water partition coefficient (Wildman–Crippen LogP) is 1.12. The summed E-state index contributed by atoms with van der Waals surface area (Å²) in [6.45, 7) is 1.04. The highest BCUT2D eigenvalue weighted by Crippen LogP contribution is 2.15. The van der Waals surface area contributed by atoms with Crippen LogP contribution in [0.15, 0.2) is 53.6 Å². The van der Waals surface area contributed by atoms with Gasteiger partial charge in [0.1, 0.15) is 0 Å². The number of rotatable bonds is 7. The van der Waals surface area contributed by atoms with E-state index >= 15 is 0 Å². The average molecular weight is 415 g/mol. The van der Waals surface area contributed by atoms with Gasteiger partial charge in [0.15, 0.2) is 11.5 Å². The lowest BCUT2D eigenvalue weighted by Gasteiger charge is -2.12. The highest BCUT2D eigenvalue weighted by atomic mass is 32.2. The molecule has 9 nitrogen and oxygen atoms in total. The molecule has 2 aromatic heterocycles. The van der Waals surface area contributed by atoms with Gasteiger partial charge in [-0.3, -0.25) is 9.20 Å². The van der Waals surface area contributed by atoms with Crippen molar-refractivity contribution in [2.45, 2.75) is 30.4 Å². The van der Waals surface area contributed by atoms with Gasteiger partial charge in [-0.2, -0.15) is 0 Å². The summed E-state index contributed by atoms with van der Waals surface area (Å²) in [4.78, 5) is 12.6. The zero-order chi connectivity index (χ0) is 20.3. The fourth-order valence-electron chi connectivity index (χ4n) is 3.17. The largest absolute Gasteiger partial charge is 0.377 e. The lowest BCUT2D eigenvalue weighted by molar-refractivity contribution is 0.0949. The predicted molar refractivity (Wildman–Crippen MR) is 105 cm³/mol. The van der Waals surface area contributed by atoms with Gasteiger partial charge < -0.3 is 10.1 Å². The zero-order valence-corrected chi connectivity index (χ0v) is 16.4. The molecule has 10 heteroatoms. The third-order valence-electron chi connectivity index (χ3n) is 4.72. The van der Waals surface area contributed by atoms with Crippen LogP contribution in [0.5, 0.6) is 0 Å². The van der Waals surface area contributed by atoms with Crippen LogP contribution < -0.4 is 10.0 Å².